The molecule has 0 atom stereocenters. The third-order valence-electron chi connectivity index (χ3n) is 3.81. The number of ketones is 1. The van der Waals surface area contributed by atoms with Gasteiger partial charge in [0.05, 0.1) is 10.6 Å². The fourth-order valence-electron chi connectivity index (χ4n) is 2.33. The Kier molecular flexibility index (Phi) is 5.16. The van der Waals surface area contributed by atoms with Crippen LogP contribution in [0.25, 0.3) is 10.7 Å². The van der Waals surface area contributed by atoms with Crippen LogP contribution in [0.1, 0.15) is 35.7 Å². The maximum absolute atomic E-state index is 12.4. The minimum Gasteiger partial charge on any atom is -0.304 e. The maximum atomic E-state index is 12.4. The van der Waals surface area contributed by atoms with Crippen molar-refractivity contribution in [3.05, 3.63) is 52.9 Å². The summed E-state index contributed by atoms with van der Waals surface area (Å²) in [4.78, 5) is 13.4. The summed E-state index contributed by atoms with van der Waals surface area (Å²) >= 11 is 3.05. The van der Waals surface area contributed by atoms with Crippen LogP contribution >= 0.6 is 23.1 Å². The zero-order valence-corrected chi connectivity index (χ0v) is 15.5. The Bertz CT molecular complexity index is 821. The molecule has 0 saturated carbocycles. The SMILES string of the molecule is CC(C)c1ccc(C(=O)CSc2nnc(-c3cccs3)n2C)cc1. The number of hydrogen-bond acceptors (Lipinski definition) is 5. The first-order valence-corrected chi connectivity index (χ1v) is 9.62. The van der Waals surface area contributed by atoms with Crippen molar-refractivity contribution in [1.82, 2.24) is 14.8 Å². The molecule has 24 heavy (non-hydrogen) atoms. The van der Waals surface area contributed by atoms with Gasteiger partial charge >= 0.3 is 0 Å². The minimum absolute atomic E-state index is 0.107. The molecule has 3 aromatic rings. The van der Waals surface area contributed by atoms with Crippen LogP contribution in [0, 0.1) is 0 Å². The van der Waals surface area contributed by atoms with Crippen molar-refractivity contribution in [2.45, 2.75) is 24.9 Å². The van der Waals surface area contributed by atoms with Gasteiger partial charge < -0.3 is 4.57 Å². The van der Waals surface area contributed by atoms with E-state index in [-0.39, 0.29) is 5.78 Å². The number of carbonyl (C=O) groups excluding carboxylic acids is 1. The Hall–Kier alpha value is -1.92. The Morgan fingerprint density at radius 1 is 1.21 bits per heavy atom. The molecule has 0 fully saturated rings. The van der Waals surface area contributed by atoms with E-state index < -0.39 is 0 Å². The molecule has 0 unspecified atom stereocenters. The number of nitrogens with zero attached hydrogens (tertiary/aromatic N) is 3. The van der Waals surface area contributed by atoms with Gasteiger partial charge in [-0.3, -0.25) is 4.79 Å². The largest absolute Gasteiger partial charge is 0.304 e. The topological polar surface area (TPSA) is 47.8 Å². The summed E-state index contributed by atoms with van der Waals surface area (Å²) in [5, 5.41) is 11.2. The summed E-state index contributed by atoms with van der Waals surface area (Å²) in [5.41, 5.74) is 1.99. The first-order chi connectivity index (χ1) is 11.6. The zero-order chi connectivity index (χ0) is 17.1. The van der Waals surface area contributed by atoms with Crippen LogP contribution in [-0.4, -0.2) is 26.3 Å². The Morgan fingerprint density at radius 2 is 1.96 bits per heavy atom. The highest BCUT2D eigenvalue weighted by Gasteiger charge is 2.14. The average molecular weight is 358 g/mol. The third-order valence-corrected chi connectivity index (χ3v) is 5.69. The van der Waals surface area contributed by atoms with Gasteiger partial charge in [0.1, 0.15) is 0 Å². The standard InChI is InChI=1S/C18H19N3OS2/c1-12(2)13-6-8-14(9-7-13)15(22)11-24-18-20-19-17(21(18)3)16-5-4-10-23-16/h4-10,12H,11H2,1-3H3. The molecule has 3 rings (SSSR count). The first-order valence-electron chi connectivity index (χ1n) is 7.75. The molecule has 0 aliphatic carbocycles. The lowest BCUT2D eigenvalue weighted by Gasteiger charge is -2.06. The van der Waals surface area contributed by atoms with Gasteiger partial charge in [-0.25, -0.2) is 0 Å². The van der Waals surface area contributed by atoms with E-state index in [9.17, 15) is 4.79 Å². The van der Waals surface area contributed by atoms with E-state index in [1.54, 1.807) is 11.3 Å². The second kappa shape index (κ2) is 7.32. The van der Waals surface area contributed by atoms with E-state index in [0.29, 0.717) is 11.7 Å². The monoisotopic (exact) mass is 357 g/mol. The molecular formula is C18H19N3OS2. The fourth-order valence-corrected chi connectivity index (χ4v) is 3.88. The first kappa shape index (κ1) is 16.9. The van der Waals surface area contributed by atoms with Crippen LogP contribution in [0.3, 0.4) is 0 Å². The molecule has 2 aromatic heterocycles. The van der Waals surface area contributed by atoms with Crippen molar-refractivity contribution in [2.75, 3.05) is 5.75 Å². The lowest BCUT2D eigenvalue weighted by molar-refractivity contribution is 0.102. The predicted octanol–water partition coefficient (Wildman–Crippen LogP) is 4.64. The number of rotatable bonds is 6. The molecule has 124 valence electrons. The van der Waals surface area contributed by atoms with Crippen molar-refractivity contribution in [3.8, 4) is 10.7 Å². The quantitative estimate of drug-likeness (QED) is 0.476. The molecule has 0 saturated heterocycles. The smallest absolute Gasteiger partial charge is 0.191 e. The summed E-state index contributed by atoms with van der Waals surface area (Å²) in [6, 6.07) is 11.9. The summed E-state index contributed by atoms with van der Waals surface area (Å²) in [6.07, 6.45) is 0. The van der Waals surface area contributed by atoms with Crippen LogP contribution in [-0.2, 0) is 7.05 Å². The molecule has 0 bridgehead atoms. The van der Waals surface area contributed by atoms with Crippen molar-refractivity contribution in [1.29, 1.82) is 0 Å². The number of Topliss-reactive ketones (excluding diaryl/α,β-unsaturated/α-hetero) is 1. The zero-order valence-electron chi connectivity index (χ0n) is 13.9. The maximum Gasteiger partial charge on any atom is 0.191 e. The molecule has 0 aliphatic heterocycles. The lowest BCUT2D eigenvalue weighted by Crippen LogP contribution is -2.04. The van der Waals surface area contributed by atoms with E-state index >= 15 is 0 Å². The number of hydrogen-bond donors (Lipinski definition) is 0. The van der Waals surface area contributed by atoms with Gasteiger partial charge in [0.25, 0.3) is 0 Å². The summed E-state index contributed by atoms with van der Waals surface area (Å²) in [6.45, 7) is 4.29. The number of thioether (sulfide) groups is 1. The van der Waals surface area contributed by atoms with Crippen LogP contribution in [0.5, 0.6) is 0 Å². The molecule has 4 nitrogen and oxygen atoms in total. The Labute approximate surface area is 149 Å². The van der Waals surface area contributed by atoms with Gasteiger partial charge in [-0.2, -0.15) is 0 Å². The predicted molar refractivity (Wildman–Crippen MR) is 99.9 cm³/mol. The molecule has 0 spiro atoms. The summed E-state index contributed by atoms with van der Waals surface area (Å²) in [7, 11) is 1.93. The normalized spacial score (nSPS) is 11.2. The Balaban J connectivity index is 1.66. The van der Waals surface area contributed by atoms with Crippen molar-refractivity contribution in [2.24, 2.45) is 7.05 Å². The second-order valence-corrected chi connectivity index (χ2v) is 7.72. The molecule has 2 heterocycles. The number of thiophene rings is 1. The lowest BCUT2D eigenvalue weighted by atomic mass is 10.0. The highest BCUT2D eigenvalue weighted by Crippen LogP contribution is 2.26. The number of carbonyl (C=O) groups is 1. The Morgan fingerprint density at radius 3 is 2.58 bits per heavy atom. The van der Waals surface area contributed by atoms with Crippen molar-refractivity contribution in [3.63, 3.8) is 0 Å². The summed E-state index contributed by atoms with van der Waals surface area (Å²) < 4.78 is 1.94. The second-order valence-electron chi connectivity index (χ2n) is 5.83. The van der Waals surface area contributed by atoms with Gasteiger partial charge in [0.2, 0.25) is 0 Å². The third kappa shape index (κ3) is 3.60. The molecule has 6 heteroatoms. The fraction of sp³-hybridized carbons (Fsp3) is 0.278. The van der Waals surface area contributed by atoms with Crippen molar-refractivity contribution >= 4 is 28.9 Å². The number of aromatic nitrogens is 3. The van der Waals surface area contributed by atoms with E-state index in [4.69, 9.17) is 0 Å². The number of benzene rings is 1. The highest BCUT2D eigenvalue weighted by molar-refractivity contribution is 7.99. The van der Waals surface area contributed by atoms with Crippen LogP contribution in [0.4, 0.5) is 0 Å². The molecular weight excluding hydrogens is 338 g/mol. The van der Waals surface area contributed by atoms with E-state index in [0.717, 1.165) is 21.4 Å². The summed E-state index contributed by atoms with van der Waals surface area (Å²) in [5.74, 6) is 1.77. The van der Waals surface area contributed by atoms with Gasteiger partial charge in [-0.05, 0) is 22.9 Å². The molecule has 0 amide bonds. The minimum atomic E-state index is 0.107. The van der Waals surface area contributed by atoms with Gasteiger partial charge in [-0.15, -0.1) is 21.5 Å². The van der Waals surface area contributed by atoms with Crippen LogP contribution in [0.2, 0.25) is 0 Å². The highest BCUT2D eigenvalue weighted by atomic mass is 32.2. The van der Waals surface area contributed by atoms with E-state index in [1.165, 1.54) is 17.3 Å². The van der Waals surface area contributed by atoms with E-state index in [2.05, 4.69) is 24.0 Å². The van der Waals surface area contributed by atoms with Gasteiger partial charge in [0, 0.05) is 12.6 Å². The van der Waals surface area contributed by atoms with E-state index in [1.807, 2.05) is 53.4 Å². The van der Waals surface area contributed by atoms with Gasteiger partial charge in [-0.1, -0.05) is 55.9 Å². The van der Waals surface area contributed by atoms with Crippen LogP contribution in [0.15, 0.2) is 46.9 Å². The molecule has 0 N–H and O–H groups in total. The molecule has 0 aliphatic rings. The molecule has 1 aromatic carbocycles. The van der Waals surface area contributed by atoms with Crippen LogP contribution < -0.4 is 0 Å². The average Bonchev–Trinajstić information content (AvgIpc) is 3.22. The van der Waals surface area contributed by atoms with Gasteiger partial charge in [0.15, 0.2) is 16.8 Å². The van der Waals surface area contributed by atoms with Crippen molar-refractivity contribution < 1.29 is 4.79 Å². The molecule has 0 radical (unpaired) electrons.